The van der Waals surface area contributed by atoms with E-state index >= 15 is 0 Å². The predicted octanol–water partition coefficient (Wildman–Crippen LogP) is 4.72. The summed E-state index contributed by atoms with van der Waals surface area (Å²) in [7, 11) is 0. The third-order valence-corrected chi connectivity index (χ3v) is 5.86. The Balaban J connectivity index is 1.52. The molecule has 0 saturated heterocycles. The summed E-state index contributed by atoms with van der Waals surface area (Å²) in [6, 6.07) is 15.8. The summed E-state index contributed by atoms with van der Waals surface area (Å²) in [5.41, 5.74) is 4.13. The van der Waals surface area contributed by atoms with Gasteiger partial charge >= 0.3 is 0 Å². The number of benzene rings is 2. The summed E-state index contributed by atoms with van der Waals surface area (Å²) in [4.78, 5) is 20.7. The molecule has 0 fully saturated rings. The van der Waals surface area contributed by atoms with E-state index in [9.17, 15) is 4.79 Å². The fourth-order valence-electron chi connectivity index (χ4n) is 3.23. The van der Waals surface area contributed by atoms with Crippen LogP contribution in [0, 0.1) is 6.92 Å². The maximum absolute atomic E-state index is 12.8. The Morgan fingerprint density at radius 2 is 1.89 bits per heavy atom. The van der Waals surface area contributed by atoms with Gasteiger partial charge in [0.25, 0.3) is 5.91 Å². The average molecular weight is 378 g/mol. The molecule has 4 rings (SSSR count). The van der Waals surface area contributed by atoms with Gasteiger partial charge in [0.2, 0.25) is 0 Å². The predicted molar refractivity (Wildman–Crippen MR) is 108 cm³/mol. The van der Waals surface area contributed by atoms with Crippen molar-refractivity contribution in [1.82, 2.24) is 9.88 Å². The molecular formula is C22H22N2O2S. The summed E-state index contributed by atoms with van der Waals surface area (Å²) >= 11 is 1.68. The molecule has 0 unspecified atom stereocenters. The van der Waals surface area contributed by atoms with Crippen molar-refractivity contribution < 1.29 is 9.53 Å². The minimum atomic E-state index is 0.0941. The Bertz CT molecular complexity index is 945. The van der Waals surface area contributed by atoms with Crippen LogP contribution in [-0.2, 0) is 13.0 Å². The van der Waals surface area contributed by atoms with Crippen LogP contribution in [0.3, 0.4) is 0 Å². The first-order chi connectivity index (χ1) is 13.1. The second-order valence-electron chi connectivity index (χ2n) is 6.69. The van der Waals surface area contributed by atoms with E-state index < -0.39 is 0 Å². The number of amides is 1. The van der Waals surface area contributed by atoms with Gasteiger partial charge in [0, 0.05) is 29.0 Å². The lowest BCUT2D eigenvalue weighted by molar-refractivity contribution is 0.0736. The van der Waals surface area contributed by atoms with Crippen molar-refractivity contribution in [1.29, 1.82) is 0 Å². The fourth-order valence-corrected chi connectivity index (χ4v) is 4.36. The number of ether oxygens (including phenoxy) is 1. The zero-order chi connectivity index (χ0) is 18.8. The normalized spacial score (nSPS) is 13.3. The van der Waals surface area contributed by atoms with Gasteiger partial charge < -0.3 is 9.64 Å². The van der Waals surface area contributed by atoms with Gasteiger partial charge in [-0.2, -0.15) is 0 Å². The summed E-state index contributed by atoms with van der Waals surface area (Å²) in [5, 5.41) is 1.01. The smallest absolute Gasteiger partial charge is 0.254 e. The first-order valence-electron chi connectivity index (χ1n) is 9.22. The van der Waals surface area contributed by atoms with Gasteiger partial charge in [-0.05, 0) is 50.2 Å². The van der Waals surface area contributed by atoms with Crippen LogP contribution in [0.1, 0.15) is 33.4 Å². The van der Waals surface area contributed by atoms with Gasteiger partial charge in [-0.25, -0.2) is 4.98 Å². The lowest BCUT2D eigenvalue weighted by atomic mass is 10.1. The third kappa shape index (κ3) is 3.74. The van der Waals surface area contributed by atoms with Crippen molar-refractivity contribution in [3.63, 3.8) is 0 Å². The molecule has 4 nitrogen and oxygen atoms in total. The Morgan fingerprint density at radius 3 is 2.59 bits per heavy atom. The monoisotopic (exact) mass is 378 g/mol. The van der Waals surface area contributed by atoms with E-state index in [0.29, 0.717) is 19.7 Å². The molecule has 27 heavy (non-hydrogen) atoms. The number of nitrogens with zero attached hydrogens (tertiary/aromatic N) is 2. The van der Waals surface area contributed by atoms with E-state index in [1.54, 1.807) is 11.3 Å². The number of hydrogen-bond donors (Lipinski definition) is 0. The molecule has 3 aromatic rings. The van der Waals surface area contributed by atoms with E-state index in [4.69, 9.17) is 9.72 Å². The number of thiazole rings is 1. The van der Waals surface area contributed by atoms with E-state index in [1.807, 2.05) is 67.3 Å². The standard InChI is InChI=1S/C22H22N2O2S/c1-3-26-18-10-8-16(9-11-18)21-23-19-12-13-24(14-20(19)27-21)22(25)17-6-4-15(2)5-7-17/h4-11H,3,12-14H2,1-2H3. The topological polar surface area (TPSA) is 42.4 Å². The number of aromatic nitrogens is 1. The SMILES string of the molecule is CCOc1ccc(-c2nc3c(s2)CN(C(=O)c2ccc(C)cc2)CC3)cc1. The zero-order valence-corrected chi connectivity index (χ0v) is 16.4. The van der Waals surface area contributed by atoms with Crippen molar-refractivity contribution in [2.45, 2.75) is 26.8 Å². The van der Waals surface area contributed by atoms with E-state index in [1.165, 1.54) is 4.88 Å². The Hall–Kier alpha value is -2.66. The number of fused-ring (bicyclic) bond motifs is 1. The highest BCUT2D eigenvalue weighted by atomic mass is 32.1. The second kappa shape index (κ2) is 7.53. The Morgan fingerprint density at radius 1 is 1.15 bits per heavy atom. The number of aryl methyl sites for hydroxylation is 1. The van der Waals surface area contributed by atoms with Gasteiger partial charge in [0.05, 0.1) is 18.8 Å². The maximum atomic E-state index is 12.8. The van der Waals surface area contributed by atoms with E-state index in [0.717, 1.165) is 39.6 Å². The number of carbonyl (C=O) groups excluding carboxylic acids is 1. The summed E-state index contributed by atoms with van der Waals surface area (Å²) in [5.74, 6) is 0.967. The Kier molecular flexibility index (Phi) is 4.94. The van der Waals surface area contributed by atoms with Crippen molar-refractivity contribution in [2.75, 3.05) is 13.2 Å². The van der Waals surface area contributed by atoms with E-state index in [2.05, 4.69) is 0 Å². The number of rotatable bonds is 4. The molecule has 1 amide bonds. The van der Waals surface area contributed by atoms with Crippen molar-refractivity contribution in [2.24, 2.45) is 0 Å². The zero-order valence-electron chi connectivity index (χ0n) is 15.6. The highest BCUT2D eigenvalue weighted by Crippen LogP contribution is 2.33. The molecule has 0 radical (unpaired) electrons. The highest BCUT2D eigenvalue weighted by Gasteiger charge is 2.25. The largest absolute Gasteiger partial charge is 0.494 e. The molecule has 0 spiro atoms. The highest BCUT2D eigenvalue weighted by molar-refractivity contribution is 7.15. The number of carbonyl (C=O) groups is 1. The third-order valence-electron chi connectivity index (χ3n) is 4.73. The molecular weight excluding hydrogens is 356 g/mol. The second-order valence-corrected chi connectivity index (χ2v) is 7.77. The van der Waals surface area contributed by atoms with Gasteiger partial charge in [0.1, 0.15) is 10.8 Å². The molecule has 5 heteroatoms. The lowest BCUT2D eigenvalue weighted by Gasteiger charge is -2.26. The van der Waals surface area contributed by atoms with Crippen LogP contribution in [0.2, 0.25) is 0 Å². The van der Waals surface area contributed by atoms with Gasteiger partial charge in [-0.1, -0.05) is 17.7 Å². The van der Waals surface area contributed by atoms with Crippen LogP contribution >= 0.6 is 11.3 Å². The fraction of sp³-hybridized carbons (Fsp3) is 0.273. The maximum Gasteiger partial charge on any atom is 0.254 e. The summed E-state index contributed by atoms with van der Waals surface area (Å²) < 4.78 is 5.51. The lowest BCUT2D eigenvalue weighted by Crippen LogP contribution is -2.35. The molecule has 0 atom stereocenters. The first-order valence-corrected chi connectivity index (χ1v) is 10.0. The molecule has 2 heterocycles. The van der Waals surface area contributed by atoms with E-state index in [-0.39, 0.29) is 5.91 Å². The van der Waals surface area contributed by atoms with Crippen LogP contribution in [0.25, 0.3) is 10.6 Å². The van der Waals surface area contributed by atoms with Crippen molar-refractivity contribution in [3.05, 3.63) is 70.2 Å². The summed E-state index contributed by atoms with van der Waals surface area (Å²) in [6.45, 7) is 6.02. The van der Waals surface area contributed by atoms with Crippen LogP contribution in [0.5, 0.6) is 5.75 Å². The molecule has 1 aliphatic heterocycles. The minimum absolute atomic E-state index is 0.0941. The quantitative estimate of drug-likeness (QED) is 0.660. The van der Waals surface area contributed by atoms with Gasteiger partial charge in [-0.3, -0.25) is 4.79 Å². The summed E-state index contributed by atoms with van der Waals surface area (Å²) in [6.07, 6.45) is 0.806. The molecule has 138 valence electrons. The van der Waals surface area contributed by atoms with Crippen LogP contribution in [-0.4, -0.2) is 28.9 Å². The van der Waals surface area contributed by atoms with Gasteiger partial charge in [-0.15, -0.1) is 11.3 Å². The molecule has 0 N–H and O–H groups in total. The van der Waals surface area contributed by atoms with Crippen LogP contribution < -0.4 is 4.74 Å². The van der Waals surface area contributed by atoms with Gasteiger partial charge in [0.15, 0.2) is 0 Å². The molecule has 1 aromatic heterocycles. The molecule has 2 aromatic carbocycles. The average Bonchev–Trinajstić information content (AvgIpc) is 3.12. The molecule has 1 aliphatic rings. The van der Waals surface area contributed by atoms with Crippen LogP contribution in [0.4, 0.5) is 0 Å². The van der Waals surface area contributed by atoms with Crippen molar-refractivity contribution >= 4 is 17.2 Å². The molecule has 0 saturated carbocycles. The Labute approximate surface area is 163 Å². The first kappa shape index (κ1) is 17.7. The molecule has 0 aliphatic carbocycles. The van der Waals surface area contributed by atoms with Crippen molar-refractivity contribution in [3.8, 4) is 16.3 Å². The minimum Gasteiger partial charge on any atom is -0.494 e. The van der Waals surface area contributed by atoms with Crippen LogP contribution in [0.15, 0.2) is 48.5 Å². The molecule has 0 bridgehead atoms. The number of hydrogen-bond acceptors (Lipinski definition) is 4.